The van der Waals surface area contributed by atoms with E-state index in [9.17, 15) is 4.79 Å². The summed E-state index contributed by atoms with van der Waals surface area (Å²) in [7, 11) is 0. The molecule has 0 aromatic heterocycles. The zero-order valence-electron chi connectivity index (χ0n) is 8.65. The zero-order chi connectivity index (χ0) is 10.9. The quantitative estimate of drug-likeness (QED) is 0.407. The minimum atomic E-state index is -0.273. The number of hydrogen-bond acceptors (Lipinski definition) is 3. The first-order chi connectivity index (χ1) is 7.33. The molecule has 0 atom stereocenters. The smallest absolute Gasteiger partial charge is 0.313 e. The van der Waals surface area contributed by atoms with Gasteiger partial charge in [-0.2, -0.15) is 0 Å². The molecule has 0 heterocycles. The molecule has 0 saturated heterocycles. The van der Waals surface area contributed by atoms with Crippen LogP contribution in [0.4, 0.5) is 0 Å². The van der Waals surface area contributed by atoms with E-state index in [1.54, 1.807) is 12.1 Å². The Balaban J connectivity index is 2.19. The lowest BCUT2D eigenvalue weighted by molar-refractivity contribution is -0.135. The molecule has 1 aromatic rings. The SMILES string of the molecule is [CH2]CCOCCC(=O)Oc1ccccc1. The Hall–Kier alpha value is -1.35. The van der Waals surface area contributed by atoms with Crippen LogP contribution in [0.2, 0.25) is 0 Å². The number of carbonyl (C=O) groups excluding carboxylic acids is 1. The predicted octanol–water partition coefficient (Wildman–Crippen LogP) is 2.22. The molecule has 0 spiro atoms. The van der Waals surface area contributed by atoms with E-state index in [-0.39, 0.29) is 12.4 Å². The monoisotopic (exact) mass is 207 g/mol. The Morgan fingerprint density at radius 2 is 1.93 bits per heavy atom. The number of rotatable bonds is 6. The molecule has 0 aliphatic carbocycles. The van der Waals surface area contributed by atoms with Crippen LogP contribution in [0, 0.1) is 6.92 Å². The molecule has 0 unspecified atom stereocenters. The predicted molar refractivity (Wildman–Crippen MR) is 57.5 cm³/mol. The first-order valence-corrected chi connectivity index (χ1v) is 4.95. The molecule has 1 radical (unpaired) electrons. The summed E-state index contributed by atoms with van der Waals surface area (Å²) < 4.78 is 10.2. The van der Waals surface area contributed by atoms with Gasteiger partial charge < -0.3 is 9.47 Å². The van der Waals surface area contributed by atoms with E-state index in [1.165, 1.54) is 0 Å². The third-order valence-corrected chi connectivity index (χ3v) is 1.71. The minimum absolute atomic E-state index is 0.273. The molecule has 0 aliphatic rings. The van der Waals surface area contributed by atoms with Crippen molar-refractivity contribution in [3.05, 3.63) is 37.3 Å². The molecule has 1 rings (SSSR count). The standard InChI is InChI=1S/C12H15O3/c1-2-9-14-10-8-12(13)15-11-6-4-3-5-7-11/h3-7H,1-2,8-10H2. The molecule has 0 amide bonds. The van der Waals surface area contributed by atoms with Crippen molar-refractivity contribution in [1.82, 2.24) is 0 Å². The van der Waals surface area contributed by atoms with Crippen molar-refractivity contribution < 1.29 is 14.3 Å². The number of benzene rings is 1. The van der Waals surface area contributed by atoms with Gasteiger partial charge in [-0.25, -0.2) is 0 Å². The van der Waals surface area contributed by atoms with Gasteiger partial charge in [-0.15, -0.1) is 0 Å². The van der Waals surface area contributed by atoms with E-state index in [2.05, 4.69) is 6.92 Å². The van der Waals surface area contributed by atoms with Crippen LogP contribution in [-0.2, 0) is 9.53 Å². The van der Waals surface area contributed by atoms with E-state index >= 15 is 0 Å². The van der Waals surface area contributed by atoms with Crippen LogP contribution >= 0.6 is 0 Å². The van der Waals surface area contributed by atoms with Gasteiger partial charge in [0.25, 0.3) is 0 Å². The highest BCUT2D eigenvalue weighted by molar-refractivity contribution is 5.72. The molecular formula is C12H15O3. The largest absolute Gasteiger partial charge is 0.426 e. The summed E-state index contributed by atoms with van der Waals surface area (Å²) in [6.45, 7) is 4.60. The highest BCUT2D eigenvalue weighted by Gasteiger charge is 2.03. The van der Waals surface area contributed by atoms with Crippen molar-refractivity contribution in [1.29, 1.82) is 0 Å². The Morgan fingerprint density at radius 1 is 1.20 bits per heavy atom. The van der Waals surface area contributed by atoms with Gasteiger partial charge in [0, 0.05) is 6.61 Å². The second-order valence-electron chi connectivity index (χ2n) is 3.00. The van der Waals surface area contributed by atoms with Crippen LogP contribution in [0.15, 0.2) is 30.3 Å². The van der Waals surface area contributed by atoms with E-state index in [4.69, 9.17) is 9.47 Å². The Bertz CT molecular complexity index is 282. The molecule has 15 heavy (non-hydrogen) atoms. The van der Waals surface area contributed by atoms with Gasteiger partial charge in [0.15, 0.2) is 0 Å². The van der Waals surface area contributed by atoms with Crippen LogP contribution in [0.5, 0.6) is 5.75 Å². The topological polar surface area (TPSA) is 35.5 Å². The van der Waals surface area contributed by atoms with Gasteiger partial charge in [-0.05, 0) is 18.6 Å². The summed E-state index contributed by atoms with van der Waals surface area (Å²) in [5, 5.41) is 0. The average Bonchev–Trinajstić information content (AvgIpc) is 2.26. The van der Waals surface area contributed by atoms with Gasteiger partial charge in [-0.3, -0.25) is 4.79 Å². The normalized spacial score (nSPS) is 9.93. The number of hydrogen-bond donors (Lipinski definition) is 0. The average molecular weight is 207 g/mol. The van der Waals surface area contributed by atoms with Crippen molar-refractivity contribution in [3.8, 4) is 5.75 Å². The lowest BCUT2D eigenvalue weighted by atomic mass is 10.3. The van der Waals surface area contributed by atoms with E-state index in [1.807, 2.05) is 18.2 Å². The molecule has 0 saturated carbocycles. The van der Waals surface area contributed by atoms with Crippen molar-refractivity contribution in [2.24, 2.45) is 0 Å². The molecule has 0 N–H and O–H groups in total. The minimum Gasteiger partial charge on any atom is -0.426 e. The van der Waals surface area contributed by atoms with Crippen LogP contribution in [0.3, 0.4) is 0 Å². The van der Waals surface area contributed by atoms with E-state index < -0.39 is 0 Å². The molecule has 1 aromatic carbocycles. The molecule has 3 nitrogen and oxygen atoms in total. The highest BCUT2D eigenvalue weighted by atomic mass is 16.5. The maximum Gasteiger partial charge on any atom is 0.313 e. The maximum atomic E-state index is 11.3. The summed E-state index contributed by atoms with van der Waals surface area (Å²) in [5.74, 6) is 0.296. The number of esters is 1. The highest BCUT2D eigenvalue weighted by Crippen LogP contribution is 2.08. The first kappa shape index (κ1) is 11.7. The summed E-state index contributed by atoms with van der Waals surface area (Å²) >= 11 is 0. The Kier molecular flexibility index (Phi) is 5.48. The number of para-hydroxylation sites is 1. The number of ether oxygens (including phenoxy) is 2. The summed E-state index contributed by atoms with van der Waals surface area (Å²) in [5.41, 5.74) is 0. The molecule has 3 heteroatoms. The second kappa shape index (κ2) is 7.01. The second-order valence-corrected chi connectivity index (χ2v) is 3.00. The van der Waals surface area contributed by atoms with Gasteiger partial charge in [0.05, 0.1) is 13.0 Å². The fourth-order valence-corrected chi connectivity index (χ4v) is 1.03. The van der Waals surface area contributed by atoms with Crippen LogP contribution in [0.25, 0.3) is 0 Å². The zero-order valence-corrected chi connectivity index (χ0v) is 8.65. The van der Waals surface area contributed by atoms with Crippen LogP contribution < -0.4 is 4.74 Å². The molecule has 0 fully saturated rings. The van der Waals surface area contributed by atoms with Gasteiger partial charge in [0.2, 0.25) is 0 Å². The van der Waals surface area contributed by atoms with Gasteiger partial charge in [-0.1, -0.05) is 25.1 Å². The van der Waals surface area contributed by atoms with Crippen LogP contribution in [-0.4, -0.2) is 19.2 Å². The third kappa shape index (κ3) is 5.18. The molecule has 0 aliphatic heterocycles. The maximum absolute atomic E-state index is 11.3. The molecule has 0 bridgehead atoms. The van der Waals surface area contributed by atoms with Crippen molar-refractivity contribution in [2.45, 2.75) is 12.8 Å². The summed E-state index contributed by atoms with van der Waals surface area (Å²) in [4.78, 5) is 11.3. The first-order valence-electron chi connectivity index (χ1n) is 4.95. The number of carbonyl (C=O) groups is 1. The Labute approximate surface area is 90.0 Å². The van der Waals surface area contributed by atoms with Gasteiger partial charge in [0.1, 0.15) is 5.75 Å². The van der Waals surface area contributed by atoms with Crippen molar-refractivity contribution >= 4 is 5.97 Å². The van der Waals surface area contributed by atoms with E-state index in [0.717, 1.165) is 0 Å². The molecule has 81 valence electrons. The summed E-state index contributed by atoms with van der Waals surface area (Å²) in [6.07, 6.45) is 0.989. The fraction of sp³-hybridized carbons (Fsp3) is 0.333. The lowest BCUT2D eigenvalue weighted by Gasteiger charge is -2.04. The fourth-order valence-electron chi connectivity index (χ4n) is 1.03. The molecular weight excluding hydrogens is 192 g/mol. The van der Waals surface area contributed by atoms with Gasteiger partial charge >= 0.3 is 5.97 Å². The lowest BCUT2D eigenvalue weighted by Crippen LogP contribution is -2.11. The van der Waals surface area contributed by atoms with Crippen molar-refractivity contribution in [2.75, 3.05) is 13.2 Å². The van der Waals surface area contributed by atoms with Crippen LogP contribution in [0.1, 0.15) is 12.8 Å². The summed E-state index contributed by atoms with van der Waals surface area (Å²) in [6, 6.07) is 9.00. The van der Waals surface area contributed by atoms with E-state index in [0.29, 0.717) is 25.4 Å². The van der Waals surface area contributed by atoms with Crippen molar-refractivity contribution in [3.63, 3.8) is 0 Å². The third-order valence-electron chi connectivity index (χ3n) is 1.71. The Morgan fingerprint density at radius 3 is 2.60 bits per heavy atom.